The number of hydrogen-bond donors (Lipinski definition) is 1. The SMILES string of the molecule is Cc1cccc(C(=O)N2CCC[C@@H]2c2c(C)n[nH]c2C)c1. The van der Waals surface area contributed by atoms with Crippen molar-refractivity contribution in [3.8, 4) is 0 Å². The summed E-state index contributed by atoms with van der Waals surface area (Å²) in [6.45, 7) is 6.87. The van der Waals surface area contributed by atoms with Crippen molar-refractivity contribution in [2.24, 2.45) is 0 Å². The molecule has 1 saturated heterocycles. The van der Waals surface area contributed by atoms with E-state index < -0.39 is 0 Å². The Morgan fingerprint density at radius 3 is 2.81 bits per heavy atom. The lowest BCUT2D eigenvalue weighted by Crippen LogP contribution is -2.31. The van der Waals surface area contributed by atoms with Gasteiger partial charge >= 0.3 is 0 Å². The largest absolute Gasteiger partial charge is 0.331 e. The second-order valence-electron chi connectivity index (χ2n) is 5.87. The molecule has 3 rings (SSSR count). The molecule has 2 heterocycles. The quantitative estimate of drug-likeness (QED) is 0.919. The van der Waals surface area contributed by atoms with E-state index >= 15 is 0 Å². The van der Waals surface area contributed by atoms with Crippen LogP contribution in [-0.2, 0) is 0 Å². The van der Waals surface area contributed by atoms with Crippen LogP contribution in [0.1, 0.15) is 51.8 Å². The standard InChI is InChI=1S/C17H21N3O/c1-11-6-4-7-14(10-11)17(21)20-9-5-8-15(20)16-12(2)18-19-13(16)3/h4,6-7,10,15H,5,8-9H2,1-3H3,(H,18,19)/t15-/m1/s1. The number of likely N-dealkylation sites (tertiary alicyclic amines) is 1. The van der Waals surface area contributed by atoms with Crippen LogP contribution < -0.4 is 0 Å². The van der Waals surface area contributed by atoms with Gasteiger partial charge in [0, 0.05) is 23.4 Å². The number of aromatic nitrogens is 2. The highest BCUT2D eigenvalue weighted by atomic mass is 16.2. The molecular formula is C17H21N3O. The number of aromatic amines is 1. The molecule has 2 aromatic rings. The lowest BCUT2D eigenvalue weighted by atomic mass is 10.0. The minimum Gasteiger partial charge on any atom is -0.331 e. The van der Waals surface area contributed by atoms with E-state index in [0.717, 1.165) is 41.9 Å². The average Bonchev–Trinajstić information content (AvgIpc) is 3.05. The Bertz CT molecular complexity index is 655. The molecule has 21 heavy (non-hydrogen) atoms. The second kappa shape index (κ2) is 5.35. The summed E-state index contributed by atoms with van der Waals surface area (Å²) >= 11 is 0. The minimum atomic E-state index is 0.126. The van der Waals surface area contributed by atoms with Gasteiger partial charge < -0.3 is 4.90 Å². The Kier molecular flexibility index (Phi) is 3.53. The van der Waals surface area contributed by atoms with Crippen LogP contribution in [0.25, 0.3) is 0 Å². The zero-order valence-corrected chi connectivity index (χ0v) is 12.8. The Hall–Kier alpha value is -2.10. The number of H-pyrrole nitrogens is 1. The number of carbonyl (C=O) groups excluding carboxylic acids is 1. The first kappa shape index (κ1) is 13.9. The molecule has 1 aromatic heterocycles. The van der Waals surface area contributed by atoms with E-state index in [9.17, 15) is 4.79 Å². The van der Waals surface area contributed by atoms with Crippen LogP contribution in [0.2, 0.25) is 0 Å². The predicted octanol–water partition coefficient (Wildman–Crippen LogP) is 3.31. The molecule has 0 aliphatic carbocycles. The van der Waals surface area contributed by atoms with E-state index in [0.29, 0.717) is 0 Å². The molecule has 0 unspecified atom stereocenters. The molecule has 4 nitrogen and oxygen atoms in total. The molecule has 1 fully saturated rings. The van der Waals surface area contributed by atoms with Crippen LogP contribution in [0, 0.1) is 20.8 Å². The summed E-state index contributed by atoms with van der Waals surface area (Å²) in [6, 6.07) is 7.98. The van der Waals surface area contributed by atoms with Gasteiger partial charge in [-0.3, -0.25) is 9.89 Å². The van der Waals surface area contributed by atoms with Gasteiger partial charge in [-0.25, -0.2) is 0 Å². The second-order valence-corrected chi connectivity index (χ2v) is 5.87. The molecule has 0 radical (unpaired) electrons. The van der Waals surface area contributed by atoms with Gasteiger partial charge in [0.05, 0.1) is 11.7 Å². The molecule has 1 aliphatic heterocycles. The molecule has 0 bridgehead atoms. The van der Waals surface area contributed by atoms with E-state index in [4.69, 9.17) is 0 Å². The smallest absolute Gasteiger partial charge is 0.254 e. The summed E-state index contributed by atoms with van der Waals surface area (Å²) in [5, 5.41) is 7.31. The molecule has 1 aromatic carbocycles. The topological polar surface area (TPSA) is 49.0 Å². The number of carbonyl (C=O) groups is 1. The lowest BCUT2D eigenvalue weighted by Gasteiger charge is -2.25. The maximum absolute atomic E-state index is 12.8. The van der Waals surface area contributed by atoms with Crippen LogP contribution in [0.4, 0.5) is 0 Å². The first-order valence-corrected chi connectivity index (χ1v) is 7.47. The van der Waals surface area contributed by atoms with Gasteiger partial charge in [-0.05, 0) is 45.7 Å². The van der Waals surface area contributed by atoms with Crippen LogP contribution >= 0.6 is 0 Å². The van der Waals surface area contributed by atoms with Crippen molar-refractivity contribution in [3.63, 3.8) is 0 Å². The van der Waals surface area contributed by atoms with Crippen LogP contribution in [0.3, 0.4) is 0 Å². The first-order valence-electron chi connectivity index (χ1n) is 7.47. The normalized spacial score (nSPS) is 18.2. The molecule has 1 aliphatic rings. The fourth-order valence-corrected chi connectivity index (χ4v) is 3.30. The maximum atomic E-state index is 12.8. The van der Waals surface area contributed by atoms with Crippen LogP contribution in [0.5, 0.6) is 0 Å². The molecular weight excluding hydrogens is 262 g/mol. The first-order chi connectivity index (χ1) is 10.1. The van der Waals surface area contributed by atoms with Crippen molar-refractivity contribution >= 4 is 5.91 Å². The Morgan fingerprint density at radius 1 is 1.33 bits per heavy atom. The highest BCUT2D eigenvalue weighted by Crippen LogP contribution is 2.35. The number of rotatable bonds is 2. The maximum Gasteiger partial charge on any atom is 0.254 e. The zero-order chi connectivity index (χ0) is 15.0. The van der Waals surface area contributed by atoms with E-state index in [1.54, 1.807) is 0 Å². The fraction of sp³-hybridized carbons (Fsp3) is 0.412. The molecule has 1 N–H and O–H groups in total. The van der Waals surface area contributed by atoms with Crippen molar-refractivity contribution < 1.29 is 4.79 Å². The fourth-order valence-electron chi connectivity index (χ4n) is 3.30. The minimum absolute atomic E-state index is 0.126. The van der Waals surface area contributed by atoms with Gasteiger partial charge in [0.2, 0.25) is 0 Å². The Labute approximate surface area is 125 Å². The summed E-state index contributed by atoms with van der Waals surface area (Å²) < 4.78 is 0. The highest BCUT2D eigenvalue weighted by molar-refractivity contribution is 5.94. The molecule has 1 amide bonds. The zero-order valence-electron chi connectivity index (χ0n) is 12.8. The molecule has 110 valence electrons. The number of amides is 1. The Morgan fingerprint density at radius 2 is 2.14 bits per heavy atom. The number of nitrogens with zero attached hydrogens (tertiary/aromatic N) is 2. The van der Waals surface area contributed by atoms with Gasteiger partial charge in [-0.2, -0.15) is 5.10 Å². The van der Waals surface area contributed by atoms with Crippen molar-refractivity contribution in [1.29, 1.82) is 0 Å². The molecule has 4 heteroatoms. The van der Waals surface area contributed by atoms with Crippen molar-refractivity contribution in [2.75, 3.05) is 6.54 Å². The van der Waals surface area contributed by atoms with Gasteiger partial charge in [0.1, 0.15) is 0 Å². The summed E-state index contributed by atoms with van der Waals surface area (Å²) in [6.07, 6.45) is 2.06. The van der Waals surface area contributed by atoms with Gasteiger partial charge in [0.15, 0.2) is 0 Å². The summed E-state index contributed by atoms with van der Waals surface area (Å²) in [5.74, 6) is 0.126. The van der Waals surface area contributed by atoms with Gasteiger partial charge in [-0.1, -0.05) is 17.7 Å². The third-order valence-corrected chi connectivity index (χ3v) is 4.30. The third-order valence-electron chi connectivity index (χ3n) is 4.30. The highest BCUT2D eigenvalue weighted by Gasteiger charge is 2.33. The Balaban J connectivity index is 1.93. The van der Waals surface area contributed by atoms with Gasteiger partial charge in [0.25, 0.3) is 5.91 Å². The van der Waals surface area contributed by atoms with E-state index in [-0.39, 0.29) is 11.9 Å². The third kappa shape index (κ3) is 2.46. The van der Waals surface area contributed by atoms with Crippen molar-refractivity contribution in [2.45, 2.75) is 39.7 Å². The number of benzene rings is 1. The molecule has 0 saturated carbocycles. The van der Waals surface area contributed by atoms with Crippen LogP contribution in [0.15, 0.2) is 24.3 Å². The summed E-state index contributed by atoms with van der Waals surface area (Å²) in [7, 11) is 0. The van der Waals surface area contributed by atoms with E-state index in [1.165, 1.54) is 5.56 Å². The number of hydrogen-bond acceptors (Lipinski definition) is 2. The van der Waals surface area contributed by atoms with Gasteiger partial charge in [-0.15, -0.1) is 0 Å². The molecule has 1 atom stereocenters. The number of nitrogens with one attached hydrogen (secondary N) is 1. The lowest BCUT2D eigenvalue weighted by molar-refractivity contribution is 0.0735. The average molecular weight is 283 g/mol. The summed E-state index contributed by atoms with van der Waals surface area (Å²) in [4.78, 5) is 14.8. The molecule has 0 spiro atoms. The van der Waals surface area contributed by atoms with E-state index in [1.807, 2.05) is 49.9 Å². The van der Waals surface area contributed by atoms with Crippen molar-refractivity contribution in [3.05, 3.63) is 52.3 Å². The predicted molar refractivity (Wildman–Crippen MR) is 82.3 cm³/mol. The van der Waals surface area contributed by atoms with Crippen molar-refractivity contribution in [1.82, 2.24) is 15.1 Å². The van der Waals surface area contributed by atoms with E-state index in [2.05, 4.69) is 10.2 Å². The number of aryl methyl sites for hydroxylation is 3. The van der Waals surface area contributed by atoms with Crippen LogP contribution in [-0.4, -0.2) is 27.5 Å². The summed E-state index contributed by atoms with van der Waals surface area (Å²) in [5.41, 5.74) is 5.16. The monoisotopic (exact) mass is 283 g/mol.